The number of carbonyl (C=O) groups excluding carboxylic acids is 1. The Morgan fingerprint density at radius 3 is 2.75 bits per heavy atom. The van der Waals surface area contributed by atoms with E-state index in [2.05, 4.69) is 34.4 Å². The van der Waals surface area contributed by atoms with Crippen LogP contribution in [0.1, 0.15) is 13.8 Å². The topological polar surface area (TPSA) is 57.3 Å². The Balaban J connectivity index is 1.63. The number of nitrogens with one attached hydrogen (secondary N) is 2. The second-order valence-corrected chi connectivity index (χ2v) is 6.33. The van der Waals surface area contributed by atoms with E-state index < -0.39 is 0 Å². The molecule has 2 heterocycles. The predicted octanol–water partition coefficient (Wildman–Crippen LogP) is 3.21. The third kappa shape index (κ3) is 3.92. The monoisotopic (exact) mass is 324 g/mol. The van der Waals surface area contributed by atoms with Gasteiger partial charge in [0.25, 0.3) is 0 Å². The molecule has 5 nitrogen and oxygen atoms in total. The number of pyridine rings is 1. The molecule has 2 atom stereocenters. The van der Waals surface area contributed by atoms with Gasteiger partial charge in [-0.15, -0.1) is 0 Å². The van der Waals surface area contributed by atoms with Gasteiger partial charge in [-0.2, -0.15) is 0 Å². The number of urea groups is 1. The first-order chi connectivity index (χ1) is 11.7. The number of hydrogen-bond acceptors (Lipinski definition) is 3. The lowest BCUT2D eigenvalue weighted by Crippen LogP contribution is -2.42. The van der Waals surface area contributed by atoms with E-state index in [9.17, 15) is 4.79 Å². The summed E-state index contributed by atoms with van der Waals surface area (Å²) in [4.78, 5) is 19.0. The number of likely N-dealkylation sites (tertiary alicyclic amines) is 1. The molecule has 3 rings (SSSR count). The Morgan fingerprint density at radius 1 is 1.25 bits per heavy atom. The first-order valence-corrected chi connectivity index (χ1v) is 8.47. The van der Waals surface area contributed by atoms with Crippen molar-refractivity contribution in [3.05, 3.63) is 48.7 Å². The normalized spacial score (nSPS) is 20.8. The molecule has 1 fully saturated rings. The van der Waals surface area contributed by atoms with Crippen molar-refractivity contribution in [2.75, 3.05) is 25.0 Å². The van der Waals surface area contributed by atoms with Crippen LogP contribution in [-0.4, -0.2) is 41.6 Å². The maximum Gasteiger partial charge on any atom is 0.319 e. The lowest BCUT2D eigenvalue weighted by molar-refractivity contribution is 0.246. The third-order valence-corrected chi connectivity index (χ3v) is 4.54. The van der Waals surface area contributed by atoms with Crippen LogP contribution in [-0.2, 0) is 0 Å². The number of amides is 2. The maximum atomic E-state index is 12.3. The smallest absolute Gasteiger partial charge is 0.319 e. The molecular formula is C19H24N4O. The van der Waals surface area contributed by atoms with E-state index in [1.165, 1.54) is 0 Å². The summed E-state index contributed by atoms with van der Waals surface area (Å²) in [5.74, 6) is 0.466. The summed E-state index contributed by atoms with van der Waals surface area (Å²) in [6.45, 7) is 7.30. The highest BCUT2D eigenvalue weighted by Gasteiger charge is 2.29. The van der Waals surface area contributed by atoms with Crippen LogP contribution in [0.4, 0.5) is 10.5 Å². The van der Waals surface area contributed by atoms with Crippen molar-refractivity contribution in [3.8, 4) is 11.3 Å². The average Bonchev–Trinajstić information content (AvgIpc) is 2.96. The summed E-state index contributed by atoms with van der Waals surface area (Å²) in [7, 11) is 0. The number of nitrogens with zero attached hydrogens (tertiary/aromatic N) is 2. The number of rotatable bonds is 4. The predicted molar refractivity (Wildman–Crippen MR) is 96.9 cm³/mol. The first-order valence-electron chi connectivity index (χ1n) is 8.47. The Kier molecular flexibility index (Phi) is 5.11. The molecule has 0 radical (unpaired) electrons. The lowest BCUT2D eigenvalue weighted by atomic mass is 10.1. The largest absolute Gasteiger partial charge is 0.334 e. The fourth-order valence-electron chi connectivity index (χ4n) is 3.12. The van der Waals surface area contributed by atoms with Crippen LogP contribution in [0.2, 0.25) is 0 Å². The van der Waals surface area contributed by atoms with Crippen LogP contribution in [0.3, 0.4) is 0 Å². The first kappa shape index (κ1) is 16.5. The van der Waals surface area contributed by atoms with E-state index in [-0.39, 0.29) is 12.1 Å². The Morgan fingerprint density at radius 2 is 2.04 bits per heavy atom. The zero-order chi connectivity index (χ0) is 16.9. The van der Waals surface area contributed by atoms with Crippen molar-refractivity contribution in [3.63, 3.8) is 0 Å². The Labute approximate surface area is 143 Å². The molecule has 0 saturated carbocycles. The van der Waals surface area contributed by atoms with Gasteiger partial charge in [0.1, 0.15) is 0 Å². The number of carbonyl (C=O) groups is 1. The fourth-order valence-corrected chi connectivity index (χ4v) is 3.12. The molecule has 24 heavy (non-hydrogen) atoms. The molecule has 0 aliphatic carbocycles. The van der Waals surface area contributed by atoms with Gasteiger partial charge in [0.05, 0.1) is 5.69 Å². The summed E-state index contributed by atoms with van der Waals surface area (Å²) >= 11 is 0. The highest BCUT2D eigenvalue weighted by atomic mass is 16.2. The summed E-state index contributed by atoms with van der Waals surface area (Å²) in [5, 5.41) is 6.01. The molecular weight excluding hydrogens is 300 g/mol. The van der Waals surface area contributed by atoms with Crippen molar-refractivity contribution in [1.29, 1.82) is 0 Å². The second kappa shape index (κ2) is 7.45. The van der Waals surface area contributed by atoms with Crippen LogP contribution >= 0.6 is 0 Å². The van der Waals surface area contributed by atoms with Gasteiger partial charge in [-0.3, -0.25) is 4.98 Å². The van der Waals surface area contributed by atoms with Gasteiger partial charge in [0, 0.05) is 36.6 Å². The second-order valence-electron chi connectivity index (χ2n) is 6.33. The summed E-state index contributed by atoms with van der Waals surface area (Å²) in [6.07, 6.45) is 1.72. The number of hydrogen-bond donors (Lipinski definition) is 2. The molecule has 126 valence electrons. The van der Waals surface area contributed by atoms with Crippen molar-refractivity contribution in [2.45, 2.75) is 19.9 Å². The van der Waals surface area contributed by atoms with Gasteiger partial charge in [-0.25, -0.2) is 4.79 Å². The molecule has 2 unspecified atom stereocenters. The zero-order valence-corrected chi connectivity index (χ0v) is 14.2. The third-order valence-electron chi connectivity index (χ3n) is 4.54. The van der Waals surface area contributed by atoms with E-state index in [1.807, 2.05) is 42.5 Å². The highest BCUT2D eigenvalue weighted by molar-refractivity contribution is 5.90. The molecule has 2 N–H and O–H groups in total. The number of aromatic nitrogens is 1. The molecule has 5 heteroatoms. The molecule has 0 bridgehead atoms. The summed E-state index contributed by atoms with van der Waals surface area (Å²) < 4.78 is 0. The quantitative estimate of drug-likeness (QED) is 0.908. The molecule has 1 aliphatic rings. The van der Waals surface area contributed by atoms with Gasteiger partial charge >= 0.3 is 6.03 Å². The van der Waals surface area contributed by atoms with E-state index in [4.69, 9.17) is 0 Å². The van der Waals surface area contributed by atoms with Gasteiger partial charge in [-0.05, 0) is 24.6 Å². The molecule has 0 spiro atoms. The van der Waals surface area contributed by atoms with Crippen LogP contribution in [0.5, 0.6) is 0 Å². The standard InChI is InChI=1S/C19H24N4O/c1-3-23-12-14(2)18(13-23)22-19(24)21-16-9-10-20-17(11-16)15-7-5-4-6-8-15/h4-11,14,18H,3,12-13H2,1-2H3,(H2,20,21,22,24). The van der Waals surface area contributed by atoms with E-state index in [1.54, 1.807) is 6.20 Å². The lowest BCUT2D eigenvalue weighted by Gasteiger charge is -2.17. The number of likely N-dealkylation sites (N-methyl/N-ethyl adjacent to an activating group) is 1. The molecule has 1 saturated heterocycles. The van der Waals surface area contributed by atoms with Crippen molar-refractivity contribution < 1.29 is 4.79 Å². The van der Waals surface area contributed by atoms with Crippen molar-refractivity contribution >= 4 is 11.7 Å². The Hall–Kier alpha value is -2.40. The van der Waals surface area contributed by atoms with Crippen LogP contribution in [0, 0.1) is 5.92 Å². The maximum absolute atomic E-state index is 12.3. The van der Waals surface area contributed by atoms with Crippen LogP contribution in [0.15, 0.2) is 48.7 Å². The van der Waals surface area contributed by atoms with Crippen LogP contribution < -0.4 is 10.6 Å². The highest BCUT2D eigenvalue weighted by Crippen LogP contribution is 2.20. The molecule has 2 amide bonds. The van der Waals surface area contributed by atoms with Gasteiger partial charge < -0.3 is 15.5 Å². The van der Waals surface area contributed by atoms with Crippen LogP contribution in [0.25, 0.3) is 11.3 Å². The number of anilines is 1. The van der Waals surface area contributed by atoms with E-state index >= 15 is 0 Å². The van der Waals surface area contributed by atoms with Gasteiger partial charge in [0.15, 0.2) is 0 Å². The van der Waals surface area contributed by atoms with E-state index in [0.29, 0.717) is 5.92 Å². The van der Waals surface area contributed by atoms with Gasteiger partial charge in [0.2, 0.25) is 0 Å². The minimum absolute atomic E-state index is 0.157. The molecule has 1 aliphatic heterocycles. The zero-order valence-electron chi connectivity index (χ0n) is 14.2. The van der Waals surface area contributed by atoms with Crippen molar-refractivity contribution in [1.82, 2.24) is 15.2 Å². The van der Waals surface area contributed by atoms with Crippen molar-refractivity contribution in [2.24, 2.45) is 5.92 Å². The SMILES string of the molecule is CCN1CC(C)C(NC(=O)Nc2ccnc(-c3ccccc3)c2)C1. The fraction of sp³-hybridized carbons (Fsp3) is 0.368. The average molecular weight is 324 g/mol. The summed E-state index contributed by atoms with van der Waals surface area (Å²) in [5.41, 5.74) is 2.63. The molecule has 2 aromatic rings. The molecule has 1 aromatic heterocycles. The minimum atomic E-state index is -0.157. The molecule has 1 aromatic carbocycles. The van der Waals surface area contributed by atoms with E-state index in [0.717, 1.165) is 36.6 Å². The number of benzene rings is 1. The Bertz CT molecular complexity index is 689. The minimum Gasteiger partial charge on any atom is -0.334 e. The van der Waals surface area contributed by atoms with Gasteiger partial charge in [-0.1, -0.05) is 44.2 Å². The summed E-state index contributed by atoms with van der Waals surface area (Å²) in [6, 6.07) is 13.7.